The quantitative estimate of drug-likeness (QED) is 0.558. The molecule has 21 heavy (non-hydrogen) atoms. The molecule has 1 rings (SSSR count). The average Bonchev–Trinajstić information content (AvgIpc) is 2.43. The van der Waals surface area contributed by atoms with Crippen molar-refractivity contribution in [3.05, 3.63) is 28.7 Å². The fraction of sp³-hybridized carbons (Fsp3) is 0.462. The number of nitrogens with one attached hydrogen (secondary N) is 2. The van der Waals surface area contributed by atoms with Gasteiger partial charge >= 0.3 is 0 Å². The van der Waals surface area contributed by atoms with E-state index >= 15 is 0 Å². The van der Waals surface area contributed by atoms with Crippen molar-refractivity contribution in [2.75, 3.05) is 19.6 Å². The molecule has 0 saturated heterocycles. The molecule has 0 radical (unpaired) electrons. The first-order valence-electron chi connectivity index (χ1n) is 6.67. The van der Waals surface area contributed by atoms with E-state index in [9.17, 15) is 13.2 Å². The van der Waals surface area contributed by atoms with Crippen LogP contribution in [0.3, 0.4) is 0 Å². The summed E-state index contributed by atoms with van der Waals surface area (Å²) in [5.74, 6) is -0.177. The third-order valence-electron chi connectivity index (χ3n) is 2.70. The van der Waals surface area contributed by atoms with Crippen LogP contribution in [0.15, 0.2) is 33.6 Å². The highest BCUT2D eigenvalue weighted by Gasteiger charge is 2.14. The molecule has 0 bridgehead atoms. The molecule has 0 aliphatic carbocycles. The van der Waals surface area contributed by atoms with Gasteiger partial charge in [-0.3, -0.25) is 4.79 Å². The van der Waals surface area contributed by atoms with E-state index in [1.165, 1.54) is 12.1 Å². The van der Waals surface area contributed by atoms with Gasteiger partial charge in [0.2, 0.25) is 15.9 Å². The van der Waals surface area contributed by atoms with Crippen LogP contribution in [0.2, 0.25) is 0 Å². The Balaban J connectivity index is 2.36. The molecule has 0 saturated carbocycles. The third-order valence-corrected chi connectivity index (χ3v) is 4.66. The van der Waals surface area contributed by atoms with Gasteiger partial charge in [0.15, 0.2) is 0 Å². The van der Waals surface area contributed by atoms with E-state index in [4.69, 9.17) is 5.73 Å². The van der Waals surface area contributed by atoms with Gasteiger partial charge in [-0.15, -0.1) is 0 Å². The highest BCUT2D eigenvalue weighted by atomic mass is 79.9. The number of amides is 1. The van der Waals surface area contributed by atoms with Gasteiger partial charge in [-0.1, -0.05) is 22.0 Å². The second kappa shape index (κ2) is 9.14. The summed E-state index contributed by atoms with van der Waals surface area (Å²) in [5, 5.41) is 2.72. The second-order valence-electron chi connectivity index (χ2n) is 4.45. The Kier molecular flexibility index (Phi) is 7.87. The lowest BCUT2D eigenvalue weighted by Gasteiger charge is -2.08. The molecule has 0 heterocycles. The molecule has 118 valence electrons. The fourth-order valence-corrected chi connectivity index (χ4v) is 3.23. The molecule has 0 fully saturated rings. The standard InChI is InChI=1S/C13H20BrN3O3S/c14-11-4-3-5-12(10-11)21(19,20)17-9-6-13(18)16-8-2-1-7-15/h3-5,10,17H,1-2,6-9,15H2,(H,16,18). The van der Waals surface area contributed by atoms with Crippen LogP contribution >= 0.6 is 15.9 Å². The smallest absolute Gasteiger partial charge is 0.240 e. The minimum Gasteiger partial charge on any atom is -0.356 e. The van der Waals surface area contributed by atoms with Gasteiger partial charge in [-0.25, -0.2) is 13.1 Å². The molecule has 8 heteroatoms. The zero-order valence-corrected chi connectivity index (χ0v) is 14.0. The molecule has 1 aromatic rings. The van der Waals surface area contributed by atoms with E-state index in [2.05, 4.69) is 26.0 Å². The number of sulfonamides is 1. The lowest BCUT2D eigenvalue weighted by atomic mass is 10.3. The summed E-state index contributed by atoms with van der Waals surface area (Å²) in [6.45, 7) is 1.23. The maximum atomic E-state index is 12.0. The van der Waals surface area contributed by atoms with Gasteiger partial charge < -0.3 is 11.1 Å². The number of nitrogens with two attached hydrogens (primary N) is 1. The van der Waals surface area contributed by atoms with Gasteiger partial charge in [-0.05, 0) is 37.6 Å². The van der Waals surface area contributed by atoms with Crippen molar-refractivity contribution in [3.8, 4) is 0 Å². The van der Waals surface area contributed by atoms with Crippen LogP contribution in [0, 0.1) is 0 Å². The molecular formula is C13H20BrN3O3S. The Labute approximate surface area is 133 Å². The maximum Gasteiger partial charge on any atom is 0.240 e. The monoisotopic (exact) mass is 377 g/mol. The van der Waals surface area contributed by atoms with Crippen LogP contribution in [0.25, 0.3) is 0 Å². The van der Waals surface area contributed by atoms with Crippen LogP contribution in [0.5, 0.6) is 0 Å². The Morgan fingerprint density at radius 1 is 1.24 bits per heavy atom. The van der Waals surface area contributed by atoms with Crippen LogP contribution < -0.4 is 15.8 Å². The molecule has 0 aliphatic rings. The highest BCUT2D eigenvalue weighted by molar-refractivity contribution is 9.10. The number of hydrogen-bond acceptors (Lipinski definition) is 4. The van der Waals surface area contributed by atoms with Crippen molar-refractivity contribution in [1.29, 1.82) is 0 Å². The number of rotatable bonds is 9. The number of carbonyl (C=O) groups is 1. The van der Waals surface area contributed by atoms with Gasteiger partial charge in [0.05, 0.1) is 4.90 Å². The number of halogens is 1. The van der Waals surface area contributed by atoms with Crippen molar-refractivity contribution < 1.29 is 13.2 Å². The highest BCUT2D eigenvalue weighted by Crippen LogP contribution is 2.15. The lowest BCUT2D eigenvalue weighted by molar-refractivity contribution is -0.120. The average molecular weight is 378 g/mol. The van der Waals surface area contributed by atoms with Crippen molar-refractivity contribution in [2.24, 2.45) is 5.73 Å². The topological polar surface area (TPSA) is 101 Å². The van der Waals surface area contributed by atoms with E-state index in [-0.39, 0.29) is 23.8 Å². The minimum absolute atomic E-state index is 0.0670. The molecule has 0 spiro atoms. The first kappa shape index (κ1) is 18.1. The summed E-state index contributed by atoms with van der Waals surface area (Å²) in [4.78, 5) is 11.7. The van der Waals surface area contributed by atoms with Crippen LogP contribution in [-0.4, -0.2) is 34.0 Å². The molecule has 0 unspecified atom stereocenters. The summed E-state index contributed by atoms with van der Waals surface area (Å²) < 4.78 is 27.1. The molecule has 4 N–H and O–H groups in total. The number of benzene rings is 1. The van der Waals surface area contributed by atoms with Gasteiger partial charge in [0.1, 0.15) is 0 Å². The molecule has 0 aromatic heterocycles. The third kappa shape index (κ3) is 7.03. The summed E-state index contributed by atoms with van der Waals surface area (Å²) in [5.41, 5.74) is 5.35. The van der Waals surface area contributed by atoms with Gasteiger partial charge in [0, 0.05) is 24.0 Å². The van der Waals surface area contributed by atoms with Crippen molar-refractivity contribution in [2.45, 2.75) is 24.2 Å². The van der Waals surface area contributed by atoms with E-state index in [1.807, 2.05) is 0 Å². The van der Waals surface area contributed by atoms with E-state index < -0.39 is 10.0 Å². The molecule has 0 atom stereocenters. The van der Waals surface area contributed by atoms with Crippen molar-refractivity contribution in [3.63, 3.8) is 0 Å². The minimum atomic E-state index is -3.58. The second-order valence-corrected chi connectivity index (χ2v) is 7.13. The predicted molar refractivity (Wildman–Crippen MR) is 85.2 cm³/mol. The van der Waals surface area contributed by atoms with Crippen LogP contribution in [0.4, 0.5) is 0 Å². The Morgan fingerprint density at radius 2 is 2.00 bits per heavy atom. The van der Waals surface area contributed by atoms with Gasteiger partial charge in [0.25, 0.3) is 0 Å². The number of unbranched alkanes of at least 4 members (excludes halogenated alkanes) is 1. The fourth-order valence-electron chi connectivity index (χ4n) is 1.60. The maximum absolute atomic E-state index is 12.0. The first-order chi connectivity index (χ1) is 9.95. The van der Waals surface area contributed by atoms with Crippen molar-refractivity contribution >= 4 is 31.9 Å². The molecule has 6 nitrogen and oxygen atoms in total. The van der Waals surface area contributed by atoms with Gasteiger partial charge in [-0.2, -0.15) is 0 Å². The van der Waals surface area contributed by atoms with E-state index in [0.29, 0.717) is 17.6 Å². The summed E-state index contributed by atoms with van der Waals surface area (Å²) in [7, 11) is -3.58. The van der Waals surface area contributed by atoms with Crippen LogP contribution in [-0.2, 0) is 14.8 Å². The summed E-state index contributed by atoms with van der Waals surface area (Å²) in [6, 6.07) is 6.39. The van der Waals surface area contributed by atoms with E-state index in [0.717, 1.165) is 12.8 Å². The first-order valence-corrected chi connectivity index (χ1v) is 8.95. The summed E-state index contributed by atoms with van der Waals surface area (Å²) in [6.07, 6.45) is 1.79. The Hall–Kier alpha value is -0.960. The summed E-state index contributed by atoms with van der Waals surface area (Å²) >= 11 is 3.22. The van der Waals surface area contributed by atoms with Crippen molar-refractivity contribution in [1.82, 2.24) is 10.0 Å². The van der Waals surface area contributed by atoms with E-state index in [1.54, 1.807) is 12.1 Å². The normalized spacial score (nSPS) is 11.3. The lowest BCUT2D eigenvalue weighted by Crippen LogP contribution is -2.31. The Bertz CT molecular complexity index is 564. The number of hydrogen-bond donors (Lipinski definition) is 3. The zero-order chi connectivity index (χ0) is 15.7. The zero-order valence-electron chi connectivity index (χ0n) is 11.6. The molecular weight excluding hydrogens is 358 g/mol. The largest absolute Gasteiger partial charge is 0.356 e. The molecule has 1 aromatic carbocycles. The Morgan fingerprint density at radius 3 is 2.67 bits per heavy atom. The molecule has 1 amide bonds. The number of carbonyl (C=O) groups excluding carboxylic acids is 1. The SMILES string of the molecule is NCCCCNC(=O)CCNS(=O)(=O)c1cccc(Br)c1. The predicted octanol–water partition coefficient (Wildman–Crippen LogP) is 0.973. The van der Waals surface area contributed by atoms with Crippen LogP contribution in [0.1, 0.15) is 19.3 Å². The molecule has 0 aliphatic heterocycles.